The van der Waals surface area contributed by atoms with Crippen LogP contribution in [0.15, 0.2) is 60.7 Å². The molecule has 1 N–H and O–H groups in total. The number of rotatable bonds is 7. The first-order valence-corrected chi connectivity index (χ1v) is 9.32. The van der Waals surface area contributed by atoms with E-state index >= 15 is 0 Å². The second kappa shape index (κ2) is 8.54. The highest BCUT2D eigenvalue weighted by Gasteiger charge is 2.17. The van der Waals surface area contributed by atoms with Gasteiger partial charge in [-0.1, -0.05) is 48.5 Å². The van der Waals surface area contributed by atoms with Gasteiger partial charge in [0.15, 0.2) is 0 Å². The molecule has 0 unspecified atom stereocenters. The van der Waals surface area contributed by atoms with Crippen LogP contribution in [-0.4, -0.2) is 40.9 Å². The van der Waals surface area contributed by atoms with Crippen LogP contribution in [0, 0.1) is 0 Å². The first kappa shape index (κ1) is 18.7. The van der Waals surface area contributed by atoms with E-state index in [0.717, 1.165) is 16.5 Å². The number of nitrogens with zero attached hydrogens (tertiary/aromatic N) is 2. The third-order valence-corrected chi connectivity index (χ3v) is 4.74. The summed E-state index contributed by atoms with van der Waals surface area (Å²) in [5.74, 6) is -0.304. The number of amides is 2. The van der Waals surface area contributed by atoms with E-state index in [9.17, 15) is 9.59 Å². The standard InChI is InChI=1S/C22H25N3O2/c1-3-24(4-2)21(26)15-23-22(27)20-14-18-12-8-9-13-19(18)25(20)16-17-10-6-5-7-11-17/h5-14H,3-4,15-16H2,1-2H3,(H,23,27). The topological polar surface area (TPSA) is 54.3 Å². The molecule has 0 saturated carbocycles. The number of hydrogen-bond acceptors (Lipinski definition) is 2. The molecule has 140 valence electrons. The predicted octanol–water partition coefficient (Wildman–Crippen LogP) is 3.29. The lowest BCUT2D eigenvalue weighted by Crippen LogP contribution is -2.40. The van der Waals surface area contributed by atoms with Crippen molar-refractivity contribution >= 4 is 22.7 Å². The highest BCUT2D eigenvalue weighted by molar-refractivity contribution is 6.00. The number of hydrogen-bond donors (Lipinski definition) is 1. The minimum absolute atomic E-state index is 0.00732. The summed E-state index contributed by atoms with van der Waals surface area (Å²) in [6.45, 7) is 5.75. The minimum Gasteiger partial charge on any atom is -0.342 e. The summed E-state index contributed by atoms with van der Waals surface area (Å²) in [5.41, 5.74) is 2.68. The zero-order valence-electron chi connectivity index (χ0n) is 15.8. The van der Waals surface area contributed by atoms with E-state index in [1.54, 1.807) is 4.90 Å². The summed E-state index contributed by atoms with van der Waals surface area (Å²) < 4.78 is 2.00. The van der Waals surface area contributed by atoms with Crippen LogP contribution in [0.3, 0.4) is 0 Å². The maximum Gasteiger partial charge on any atom is 0.268 e. The SMILES string of the molecule is CCN(CC)C(=O)CNC(=O)c1cc2ccccc2n1Cc1ccccc1. The highest BCUT2D eigenvalue weighted by Crippen LogP contribution is 2.21. The number of carbonyl (C=O) groups excluding carboxylic acids is 2. The van der Waals surface area contributed by atoms with Crippen LogP contribution >= 0.6 is 0 Å². The number of likely N-dealkylation sites (N-methyl/N-ethyl adjacent to an activating group) is 1. The van der Waals surface area contributed by atoms with Gasteiger partial charge in [0.1, 0.15) is 5.69 Å². The first-order valence-electron chi connectivity index (χ1n) is 9.32. The zero-order chi connectivity index (χ0) is 19.2. The zero-order valence-corrected chi connectivity index (χ0v) is 15.8. The van der Waals surface area contributed by atoms with E-state index in [1.165, 1.54) is 0 Å². The maximum absolute atomic E-state index is 12.8. The predicted molar refractivity (Wildman–Crippen MR) is 108 cm³/mol. The molecule has 3 aromatic rings. The Bertz CT molecular complexity index is 927. The van der Waals surface area contributed by atoms with E-state index < -0.39 is 0 Å². The molecule has 0 atom stereocenters. The fourth-order valence-electron chi connectivity index (χ4n) is 3.27. The molecule has 0 radical (unpaired) electrons. The molecule has 3 rings (SSSR count). The van der Waals surface area contributed by atoms with Crippen molar-refractivity contribution in [3.05, 3.63) is 71.9 Å². The lowest BCUT2D eigenvalue weighted by molar-refractivity contribution is -0.129. The molecule has 27 heavy (non-hydrogen) atoms. The highest BCUT2D eigenvalue weighted by atomic mass is 16.2. The van der Waals surface area contributed by atoms with Gasteiger partial charge in [0.2, 0.25) is 5.91 Å². The molecule has 5 nitrogen and oxygen atoms in total. The molecule has 0 aliphatic heterocycles. The van der Waals surface area contributed by atoms with Gasteiger partial charge in [-0.15, -0.1) is 0 Å². The molecule has 1 aromatic heterocycles. The van der Waals surface area contributed by atoms with Crippen molar-refractivity contribution in [2.24, 2.45) is 0 Å². The summed E-state index contributed by atoms with van der Waals surface area (Å²) >= 11 is 0. The smallest absolute Gasteiger partial charge is 0.268 e. The molecule has 2 amide bonds. The van der Waals surface area contributed by atoms with Crippen LogP contribution in [-0.2, 0) is 11.3 Å². The summed E-state index contributed by atoms with van der Waals surface area (Å²) in [6.07, 6.45) is 0. The summed E-state index contributed by atoms with van der Waals surface area (Å²) in [7, 11) is 0. The van der Waals surface area contributed by atoms with Crippen molar-refractivity contribution in [2.75, 3.05) is 19.6 Å². The van der Waals surface area contributed by atoms with Crippen molar-refractivity contribution in [1.82, 2.24) is 14.8 Å². The van der Waals surface area contributed by atoms with Gasteiger partial charge in [0.05, 0.1) is 6.54 Å². The van der Waals surface area contributed by atoms with Gasteiger partial charge in [0.25, 0.3) is 5.91 Å². The Morgan fingerprint density at radius 2 is 1.63 bits per heavy atom. The Labute approximate surface area is 159 Å². The monoisotopic (exact) mass is 363 g/mol. The number of nitrogens with one attached hydrogen (secondary N) is 1. The summed E-state index contributed by atoms with van der Waals surface area (Å²) in [6, 6.07) is 19.9. The largest absolute Gasteiger partial charge is 0.342 e. The maximum atomic E-state index is 12.8. The fourth-order valence-corrected chi connectivity index (χ4v) is 3.27. The second-order valence-corrected chi connectivity index (χ2v) is 6.41. The average molecular weight is 363 g/mol. The van der Waals surface area contributed by atoms with E-state index in [1.807, 2.05) is 79.1 Å². The van der Waals surface area contributed by atoms with Crippen LogP contribution in [0.5, 0.6) is 0 Å². The first-order chi connectivity index (χ1) is 13.1. The van der Waals surface area contributed by atoms with Gasteiger partial charge in [-0.3, -0.25) is 9.59 Å². The Morgan fingerprint density at radius 3 is 2.33 bits per heavy atom. The lowest BCUT2D eigenvalue weighted by Gasteiger charge is -2.19. The molecule has 0 saturated heterocycles. The molecule has 0 fully saturated rings. The molecular formula is C22H25N3O2. The van der Waals surface area contributed by atoms with E-state index in [0.29, 0.717) is 25.3 Å². The van der Waals surface area contributed by atoms with Crippen LogP contribution < -0.4 is 5.32 Å². The Kier molecular flexibility index (Phi) is 5.91. The number of benzene rings is 2. The van der Waals surface area contributed by atoms with Gasteiger partial charge in [-0.25, -0.2) is 0 Å². The number of para-hydroxylation sites is 1. The Hall–Kier alpha value is -3.08. The Balaban J connectivity index is 1.86. The average Bonchev–Trinajstić information content (AvgIpc) is 3.06. The van der Waals surface area contributed by atoms with Crippen LogP contribution in [0.1, 0.15) is 29.9 Å². The van der Waals surface area contributed by atoms with Gasteiger partial charge >= 0.3 is 0 Å². The molecule has 0 spiro atoms. The fraction of sp³-hybridized carbons (Fsp3) is 0.273. The second-order valence-electron chi connectivity index (χ2n) is 6.41. The van der Waals surface area contributed by atoms with Crippen molar-refractivity contribution in [2.45, 2.75) is 20.4 Å². The van der Waals surface area contributed by atoms with Gasteiger partial charge in [-0.05, 0) is 31.5 Å². The molecule has 2 aromatic carbocycles. The number of fused-ring (bicyclic) bond motifs is 1. The van der Waals surface area contributed by atoms with Crippen molar-refractivity contribution in [1.29, 1.82) is 0 Å². The van der Waals surface area contributed by atoms with Crippen molar-refractivity contribution in [3.63, 3.8) is 0 Å². The Morgan fingerprint density at radius 1 is 0.963 bits per heavy atom. The van der Waals surface area contributed by atoms with Crippen LogP contribution in [0.4, 0.5) is 0 Å². The molecule has 0 aliphatic rings. The van der Waals surface area contributed by atoms with E-state index in [-0.39, 0.29) is 18.4 Å². The van der Waals surface area contributed by atoms with E-state index in [2.05, 4.69) is 5.32 Å². The lowest BCUT2D eigenvalue weighted by atomic mass is 10.2. The molecule has 0 bridgehead atoms. The number of carbonyl (C=O) groups is 2. The summed E-state index contributed by atoms with van der Waals surface area (Å²) in [4.78, 5) is 26.7. The van der Waals surface area contributed by atoms with Gasteiger partial charge < -0.3 is 14.8 Å². The quantitative estimate of drug-likeness (QED) is 0.700. The van der Waals surface area contributed by atoms with E-state index in [4.69, 9.17) is 0 Å². The van der Waals surface area contributed by atoms with Crippen molar-refractivity contribution < 1.29 is 9.59 Å². The normalized spacial score (nSPS) is 10.7. The molecular weight excluding hydrogens is 338 g/mol. The minimum atomic E-state index is -0.234. The van der Waals surface area contributed by atoms with Gasteiger partial charge in [0, 0.05) is 30.5 Å². The third-order valence-electron chi connectivity index (χ3n) is 4.74. The molecule has 5 heteroatoms. The number of aromatic nitrogens is 1. The third kappa shape index (κ3) is 4.19. The van der Waals surface area contributed by atoms with Crippen LogP contribution in [0.25, 0.3) is 10.9 Å². The summed E-state index contributed by atoms with van der Waals surface area (Å²) in [5, 5.41) is 3.79. The molecule has 1 heterocycles. The van der Waals surface area contributed by atoms with Gasteiger partial charge in [-0.2, -0.15) is 0 Å². The van der Waals surface area contributed by atoms with Crippen molar-refractivity contribution in [3.8, 4) is 0 Å². The van der Waals surface area contributed by atoms with Crippen LogP contribution in [0.2, 0.25) is 0 Å². The molecule has 0 aliphatic carbocycles.